The van der Waals surface area contributed by atoms with E-state index in [1.807, 2.05) is 0 Å². The van der Waals surface area contributed by atoms with Gasteiger partial charge >= 0.3 is 5.69 Å². The molecule has 0 aliphatic carbocycles. The number of hydrogen-bond donors (Lipinski definition) is 3. The Morgan fingerprint density at radius 2 is 2.39 bits per heavy atom. The van der Waals surface area contributed by atoms with Crippen molar-refractivity contribution in [3.05, 3.63) is 34.7 Å². The first-order chi connectivity index (χ1) is 8.58. The fraction of sp³-hybridized carbons (Fsp3) is 0.400. The number of nitrogen functional groups attached to an aromatic ring is 1. The van der Waals surface area contributed by atoms with E-state index in [2.05, 4.69) is 4.98 Å². The van der Waals surface area contributed by atoms with E-state index in [-0.39, 0.29) is 17.7 Å². The lowest BCUT2D eigenvalue weighted by Crippen LogP contribution is -2.28. The van der Waals surface area contributed by atoms with Gasteiger partial charge in [-0.2, -0.15) is 4.98 Å². The highest BCUT2D eigenvalue weighted by molar-refractivity contribution is 5.25. The Morgan fingerprint density at radius 1 is 1.67 bits per heavy atom. The van der Waals surface area contributed by atoms with Crippen LogP contribution in [0.25, 0.3) is 0 Å². The normalized spacial score (nSPS) is 29.9. The number of ether oxygens (including phenoxy) is 1. The summed E-state index contributed by atoms with van der Waals surface area (Å²) in [6.45, 7) is -0.494. The van der Waals surface area contributed by atoms with E-state index in [0.717, 1.165) is 4.57 Å². The monoisotopic (exact) mass is 257 g/mol. The summed E-state index contributed by atoms with van der Waals surface area (Å²) >= 11 is 0. The quantitative estimate of drug-likeness (QED) is 0.622. The highest BCUT2D eigenvalue weighted by Crippen LogP contribution is 2.33. The van der Waals surface area contributed by atoms with Gasteiger partial charge in [-0.3, -0.25) is 4.57 Å². The second-order valence-electron chi connectivity index (χ2n) is 3.81. The van der Waals surface area contributed by atoms with Crippen LogP contribution >= 0.6 is 0 Å². The second kappa shape index (κ2) is 4.84. The number of nitrogens with zero attached hydrogens (tertiary/aromatic N) is 2. The zero-order valence-electron chi connectivity index (χ0n) is 9.23. The zero-order chi connectivity index (χ0) is 13.3. The van der Waals surface area contributed by atoms with Gasteiger partial charge in [0.25, 0.3) is 0 Å². The number of rotatable bonds is 2. The molecule has 0 bridgehead atoms. The largest absolute Gasteiger partial charge is 0.394 e. The van der Waals surface area contributed by atoms with Gasteiger partial charge in [-0.1, -0.05) is 0 Å². The van der Waals surface area contributed by atoms with Crippen LogP contribution in [0.2, 0.25) is 0 Å². The fourth-order valence-electron chi connectivity index (χ4n) is 1.77. The maximum atomic E-state index is 12.8. The Bertz CT molecular complexity index is 530. The first-order valence-corrected chi connectivity index (χ1v) is 5.17. The summed E-state index contributed by atoms with van der Waals surface area (Å²) in [4.78, 5) is 15.1. The molecule has 7 nitrogen and oxygen atoms in total. The van der Waals surface area contributed by atoms with Crippen molar-refractivity contribution in [3.8, 4) is 0 Å². The van der Waals surface area contributed by atoms with Gasteiger partial charge in [-0.05, 0) is 6.07 Å². The predicted molar refractivity (Wildman–Crippen MR) is 59.1 cm³/mol. The van der Waals surface area contributed by atoms with Crippen molar-refractivity contribution >= 4 is 5.82 Å². The number of anilines is 1. The molecular formula is C10H12FN3O4. The van der Waals surface area contributed by atoms with Gasteiger partial charge in [-0.15, -0.1) is 0 Å². The molecule has 4 N–H and O–H groups in total. The molecule has 18 heavy (non-hydrogen) atoms. The summed E-state index contributed by atoms with van der Waals surface area (Å²) in [5.41, 5.74) is 4.45. The lowest BCUT2D eigenvalue weighted by molar-refractivity contribution is -0.0447. The van der Waals surface area contributed by atoms with Crippen LogP contribution in [-0.2, 0) is 4.74 Å². The Balaban J connectivity index is 2.41. The smallest absolute Gasteiger partial charge is 0.351 e. The lowest BCUT2D eigenvalue weighted by Gasteiger charge is -2.14. The first kappa shape index (κ1) is 12.7. The zero-order valence-corrected chi connectivity index (χ0v) is 9.23. The average molecular weight is 257 g/mol. The fourth-order valence-corrected chi connectivity index (χ4v) is 1.77. The molecule has 1 saturated heterocycles. The maximum absolute atomic E-state index is 12.8. The van der Waals surface area contributed by atoms with Crippen molar-refractivity contribution < 1.29 is 19.3 Å². The number of aromatic nitrogens is 2. The third-order valence-corrected chi connectivity index (χ3v) is 2.69. The van der Waals surface area contributed by atoms with Gasteiger partial charge < -0.3 is 20.7 Å². The van der Waals surface area contributed by atoms with E-state index in [0.29, 0.717) is 0 Å². The molecule has 1 aliphatic heterocycles. The highest BCUT2D eigenvalue weighted by atomic mass is 19.1. The SMILES string of the molecule is Nc1ccn(C2O[C@H](CO)C(O)/C2=C\F)c(=O)n1. The Kier molecular flexibility index (Phi) is 3.41. The number of nitrogens with two attached hydrogens (primary N) is 1. The molecule has 3 atom stereocenters. The van der Waals surface area contributed by atoms with Gasteiger partial charge in [0.15, 0.2) is 6.23 Å². The molecule has 0 saturated carbocycles. The minimum absolute atomic E-state index is 0.0271. The molecule has 0 radical (unpaired) electrons. The minimum Gasteiger partial charge on any atom is -0.394 e. The summed E-state index contributed by atoms with van der Waals surface area (Å²) in [5, 5.41) is 18.6. The number of aliphatic hydroxyl groups is 2. The van der Waals surface area contributed by atoms with Gasteiger partial charge in [0.1, 0.15) is 18.0 Å². The molecule has 8 heteroatoms. The Morgan fingerprint density at radius 3 is 2.94 bits per heavy atom. The van der Waals surface area contributed by atoms with E-state index < -0.39 is 30.7 Å². The van der Waals surface area contributed by atoms with Gasteiger partial charge in [0.05, 0.1) is 12.9 Å². The molecule has 0 amide bonds. The summed E-state index contributed by atoms with van der Waals surface area (Å²) < 4.78 is 19.0. The van der Waals surface area contributed by atoms with Crippen LogP contribution in [0.15, 0.2) is 29.0 Å². The molecular weight excluding hydrogens is 245 g/mol. The van der Waals surface area contributed by atoms with Crippen LogP contribution in [0.5, 0.6) is 0 Å². The average Bonchev–Trinajstić information content (AvgIpc) is 2.65. The molecule has 1 aromatic heterocycles. The van der Waals surface area contributed by atoms with Crippen LogP contribution in [0.3, 0.4) is 0 Å². The summed E-state index contributed by atoms with van der Waals surface area (Å²) in [7, 11) is 0. The van der Waals surface area contributed by atoms with Crippen LogP contribution in [0, 0.1) is 0 Å². The molecule has 98 valence electrons. The van der Waals surface area contributed by atoms with Crippen molar-refractivity contribution in [2.75, 3.05) is 12.3 Å². The maximum Gasteiger partial charge on any atom is 0.351 e. The van der Waals surface area contributed by atoms with E-state index in [4.69, 9.17) is 15.6 Å². The van der Waals surface area contributed by atoms with Crippen LogP contribution in [-0.4, -0.2) is 38.6 Å². The standard InChI is InChI=1S/C10H12FN3O4/c11-3-5-8(16)6(4-15)18-9(5)14-2-1-7(12)13-10(14)17/h1-3,6,8-9,15-16H,4H2,(H2,12,13,17)/b5-3+/t6-,8?,9?/m1/s1. The van der Waals surface area contributed by atoms with Crippen molar-refractivity contribution in [2.45, 2.75) is 18.4 Å². The van der Waals surface area contributed by atoms with E-state index in [1.165, 1.54) is 12.3 Å². The molecule has 1 aliphatic rings. The number of halogens is 1. The summed E-state index contributed by atoms with van der Waals surface area (Å²) in [6.07, 6.45) is -1.99. The number of hydrogen-bond acceptors (Lipinski definition) is 6. The molecule has 1 fully saturated rings. The first-order valence-electron chi connectivity index (χ1n) is 5.17. The Hall–Kier alpha value is -1.77. The summed E-state index contributed by atoms with van der Waals surface area (Å²) in [6, 6.07) is 1.35. The third-order valence-electron chi connectivity index (χ3n) is 2.69. The molecule has 1 aromatic rings. The molecule has 0 spiro atoms. The lowest BCUT2D eigenvalue weighted by atomic mass is 10.1. The molecule has 0 aromatic carbocycles. The Labute approximate surface area is 101 Å². The molecule has 2 rings (SSSR count). The second-order valence-corrected chi connectivity index (χ2v) is 3.81. The topological polar surface area (TPSA) is 111 Å². The van der Waals surface area contributed by atoms with Gasteiger partial charge in [-0.25, -0.2) is 9.18 Å². The third kappa shape index (κ3) is 2.01. The van der Waals surface area contributed by atoms with Gasteiger partial charge in [0.2, 0.25) is 0 Å². The van der Waals surface area contributed by atoms with Crippen LogP contribution in [0.1, 0.15) is 6.23 Å². The predicted octanol–water partition coefficient (Wildman–Crippen LogP) is -1.07. The van der Waals surface area contributed by atoms with Crippen molar-refractivity contribution in [2.24, 2.45) is 0 Å². The van der Waals surface area contributed by atoms with Gasteiger partial charge in [0, 0.05) is 11.8 Å². The van der Waals surface area contributed by atoms with Crippen molar-refractivity contribution in [1.82, 2.24) is 9.55 Å². The van der Waals surface area contributed by atoms with E-state index in [1.54, 1.807) is 0 Å². The highest BCUT2D eigenvalue weighted by Gasteiger charge is 2.40. The molecule has 2 heterocycles. The van der Waals surface area contributed by atoms with Crippen molar-refractivity contribution in [3.63, 3.8) is 0 Å². The summed E-state index contributed by atoms with van der Waals surface area (Å²) in [5.74, 6) is 0.0271. The van der Waals surface area contributed by atoms with Crippen LogP contribution in [0.4, 0.5) is 10.2 Å². The van der Waals surface area contributed by atoms with E-state index >= 15 is 0 Å². The van der Waals surface area contributed by atoms with E-state index in [9.17, 15) is 14.3 Å². The minimum atomic E-state index is -1.31. The number of aliphatic hydroxyl groups excluding tert-OH is 2. The molecule has 2 unspecified atom stereocenters. The van der Waals surface area contributed by atoms with Crippen molar-refractivity contribution in [1.29, 1.82) is 0 Å². The van der Waals surface area contributed by atoms with Crippen LogP contribution < -0.4 is 11.4 Å².